The lowest BCUT2D eigenvalue weighted by atomic mass is 9.95. The van der Waals surface area contributed by atoms with Crippen LogP contribution in [0.1, 0.15) is 54.7 Å². The van der Waals surface area contributed by atoms with Crippen molar-refractivity contribution in [3.05, 3.63) is 75.4 Å². The van der Waals surface area contributed by atoms with Gasteiger partial charge in [0.2, 0.25) is 28.9 Å². The molecule has 232 valence electrons. The van der Waals surface area contributed by atoms with Crippen molar-refractivity contribution in [3.63, 3.8) is 0 Å². The number of aryl methyl sites for hydroxylation is 1. The van der Waals surface area contributed by atoms with Crippen molar-refractivity contribution in [1.82, 2.24) is 5.32 Å². The molecule has 0 radical (unpaired) electrons. The van der Waals surface area contributed by atoms with Crippen LogP contribution in [0.2, 0.25) is 0 Å². The highest BCUT2D eigenvalue weighted by molar-refractivity contribution is 5.98. The number of primary amides is 1. The number of anilines is 2. The summed E-state index contributed by atoms with van der Waals surface area (Å²) < 4.78 is 17.1. The van der Waals surface area contributed by atoms with Crippen molar-refractivity contribution in [1.29, 1.82) is 0 Å². The molecule has 11 nitrogen and oxygen atoms in total. The number of nitrogens with one attached hydrogen (secondary N) is 3. The summed E-state index contributed by atoms with van der Waals surface area (Å²) in [5.74, 6) is -0.00328. The molecule has 5 N–H and O–H groups in total. The zero-order valence-electron chi connectivity index (χ0n) is 25.7. The van der Waals surface area contributed by atoms with E-state index in [1.807, 2.05) is 19.9 Å². The predicted octanol–water partition coefficient (Wildman–Crippen LogP) is 4.04. The molecule has 44 heavy (non-hydrogen) atoms. The number of ether oxygens (including phenoxy) is 3. The first-order chi connectivity index (χ1) is 21.0. The van der Waals surface area contributed by atoms with Crippen molar-refractivity contribution in [2.24, 2.45) is 11.7 Å². The molecule has 4 rings (SSSR count). The van der Waals surface area contributed by atoms with E-state index in [1.165, 1.54) is 39.3 Å². The number of amides is 3. The van der Waals surface area contributed by atoms with Crippen LogP contribution in [0.25, 0.3) is 11.1 Å². The topological polar surface area (TPSA) is 158 Å². The zero-order valence-corrected chi connectivity index (χ0v) is 25.7. The molecule has 0 aliphatic heterocycles. The number of benzene rings is 2. The van der Waals surface area contributed by atoms with Gasteiger partial charge in [0.1, 0.15) is 6.04 Å². The largest absolute Gasteiger partial charge is 0.493 e. The molecule has 1 aliphatic carbocycles. The van der Waals surface area contributed by atoms with Crippen LogP contribution >= 0.6 is 0 Å². The summed E-state index contributed by atoms with van der Waals surface area (Å²) in [7, 11) is 4.61. The summed E-state index contributed by atoms with van der Waals surface area (Å²) in [6.45, 7) is 5.17. The van der Waals surface area contributed by atoms with Gasteiger partial charge in [-0.05, 0) is 77.9 Å². The molecular weight excluding hydrogens is 564 g/mol. The van der Waals surface area contributed by atoms with E-state index < -0.39 is 18.0 Å². The minimum atomic E-state index is -0.780. The van der Waals surface area contributed by atoms with E-state index in [2.05, 4.69) is 16.0 Å². The molecule has 0 saturated heterocycles. The molecule has 0 aromatic heterocycles. The first-order valence-electron chi connectivity index (χ1n) is 14.2. The average molecular weight is 603 g/mol. The second kappa shape index (κ2) is 13.5. The molecule has 0 saturated carbocycles. The van der Waals surface area contributed by atoms with Gasteiger partial charge in [-0.15, -0.1) is 0 Å². The van der Waals surface area contributed by atoms with E-state index >= 15 is 0 Å². The van der Waals surface area contributed by atoms with Gasteiger partial charge in [-0.2, -0.15) is 0 Å². The van der Waals surface area contributed by atoms with Crippen molar-refractivity contribution in [2.45, 2.75) is 45.7 Å². The fourth-order valence-electron chi connectivity index (χ4n) is 5.47. The Bertz CT molecular complexity index is 1640. The summed E-state index contributed by atoms with van der Waals surface area (Å²) >= 11 is 0. The molecule has 11 heteroatoms. The maximum atomic E-state index is 13.7. The maximum Gasteiger partial charge on any atom is 0.248 e. The Hall–Kier alpha value is -5.06. The van der Waals surface area contributed by atoms with Crippen LogP contribution in [0, 0.1) is 5.92 Å². The molecule has 3 aromatic carbocycles. The molecule has 0 fully saturated rings. The third-order valence-corrected chi connectivity index (χ3v) is 7.61. The Morgan fingerprint density at radius 3 is 2.18 bits per heavy atom. The van der Waals surface area contributed by atoms with Crippen LogP contribution in [0.5, 0.6) is 17.2 Å². The minimum absolute atomic E-state index is 0.202. The third-order valence-electron chi connectivity index (χ3n) is 7.61. The highest BCUT2D eigenvalue weighted by Gasteiger charge is 2.30. The molecule has 0 unspecified atom stereocenters. The normalized spacial score (nSPS) is 14.3. The van der Waals surface area contributed by atoms with Gasteiger partial charge in [0.25, 0.3) is 0 Å². The predicted molar refractivity (Wildman–Crippen MR) is 169 cm³/mol. The lowest BCUT2D eigenvalue weighted by molar-refractivity contribution is -0.120. The van der Waals surface area contributed by atoms with E-state index in [-0.39, 0.29) is 28.8 Å². The summed E-state index contributed by atoms with van der Waals surface area (Å²) in [5, 5.41) is 8.97. The van der Waals surface area contributed by atoms with Crippen molar-refractivity contribution < 1.29 is 28.6 Å². The zero-order chi connectivity index (χ0) is 32.1. The summed E-state index contributed by atoms with van der Waals surface area (Å²) in [6.07, 6.45) is 1.10. The maximum absolute atomic E-state index is 13.7. The Balaban J connectivity index is 1.81. The number of rotatable bonds is 10. The molecule has 1 aliphatic rings. The highest BCUT2D eigenvalue weighted by atomic mass is 16.5. The second-order valence-corrected chi connectivity index (χ2v) is 10.9. The number of methoxy groups -OCH3 is 3. The fraction of sp³-hybridized carbons (Fsp3) is 0.333. The number of hydrogen-bond donors (Lipinski definition) is 4. The Morgan fingerprint density at radius 1 is 0.932 bits per heavy atom. The van der Waals surface area contributed by atoms with Gasteiger partial charge in [0.15, 0.2) is 11.5 Å². The summed E-state index contributed by atoms with van der Waals surface area (Å²) in [4.78, 5) is 50.7. The Morgan fingerprint density at radius 2 is 1.61 bits per heavy atom. The van der Waals surface area contributed by atoms with E-state index in [4.69, 9.17) is 19.9 Å². The van der Waals surface area contributed by atoms with Crippen molar-refractivity contribution in [3.8, 4) is 28.4 Å². The average Bonchev–Trinajstić information content (AvgIpc) is 3.23. The lowest BCUT2D eigenvalue weighted by Crippen LogP contribution is -2.39. The monoisotopic (exact) mass is 602 g/mol. The first-order valence-corrected chi connectivity index (χ1v) is 14.2. The molecular formula is C33H38N4O7. The SMILES string of the molecule is COc1cc2c(c(OC)c1OC)-c1ccc(N[C@H](C(=O)Nc3ccc(C(N)=O)cc3)C(C)C)c(=O)cc1[C@@H](NC(C)=O)CC2. The number of hydrogen-bond acceptors (Lipinski definition) is 8. The van der Waals surface area contributed by atoms with Crippen LogP contribution in [0.4, 0.5) is 11.4 Å². The van der Waals surface area contributed by atoms with Gasteiger partial charge in [0, 0.05) is 23.7 Å². The van der Waals surface area contributed by atoms with Gasteiger partial charge in [-0.1, -0.05) is 19.9 Å². The number of carbonyl (C=O) groups is 3. The summed E-state index contributed by atoms with van der Waals surface area (Å²) in [6, 6.07) is 11.8. The van der Waals surface area contributed by atoms with E-state index in [0.29, 0.717) is 52.5 Å². The minimum Gasteiger partial charge on any atom is -0.493 e. The molecule has 0 heterocycles. The quantitative estimate of drug-likeness (QED) is 0.271. The second-order valence-electron chi connectivity index (χ2n) is 10.9. The van der Waals surface area contributed by atoms with Crippen LogP contribution in [-0.2, 0) is 16.0 Å². The van der Waals surface area contributed by atoms with Crippen molar-refractivity contribution in [2.75, 3.05) is 32.0 Å². The van der Waals surface area contributed by atoms with Gasteiger partial charge < -0.3 is 35.9 Å². The standard InChI is InChI=1S/C33H38N4O7/c1-17(2)29(33(41)36-21-10-7-19(8-11-21)32(34)40)37-25-14-12-22-23(16-26(25)39)24(35-18(3)38)13-9-20-15-27(42-4)30(43-5)31(44-6)28(20)22/h7-8,10-12,14-17,24,29H,9,13H2,1-6H3,(H2,34,40)(H,35,38)(H,36,41)(H,37,39)/t24-,29-/m0/s1. The van der Waals surface area contributed by atoms with Crippen LogP contribution < -0.4 is 41.3 Å². The van der Waals surface area contributed by atoms with Crippen LogP contribution in [0.15, 0.2) is 53.3 Å². The third kappa shape index (κ3) is 6.61. The number of carbonyl (C=O) groups excluding carboxylic acids is 3. The van der Waals surface area contributed by atoms with Gasteiger partial charge in [0.05, 0.1) is 33.1 Å². The van der Waals surface area contributed by atoms with E-state index in [9.17, 15) is 19.2 Å². The number of nitrogens with two attached hydrogens (primary N) is 1. The molecule has 0 spiro atoms. The molecule has 3 aromatic rings. The smallest absolute Gasteiger partial charge is 0.248 e. The highest BCUT2D eigenvalue weighted by Crippen LogP contribution is 2.50. The van der Waals surface area contributed by atoms with Crippen LogP contribution in [0.3, 0.4) is 0 Å². The Kier molecular flexibility index (Phi) is 9.77. The summed E-state index contributed by atoms with van der Waals surface area (Å²) in [5.41, 5.74) is 8.89. The number of fused-ring (bicyclic) bond motifs is 3. The molecule has 3 amide bonds. The first kappa shape index (κ1) is 31.9. The Labute approximate surface area is 256 Å². The van der Waals surface area contributed by atoms with E-state index in [0.717, 1.165) is 11.1 Å². The fourth-order valence-corrected chi connectivity index (χ4v) is 5.47. The lowest BCUT2D eigenvalue weighted by Gasteiger charge is -2.22. The van der Waals surface area contributed by atoms with Gasteiger partial charge in [-0.3, -0.25) is 19.2 Å². The van der Waals surface area contributed by atoms with Gasteiger partial charge in [-0.25, -0.2) is 0 Å². The van der Waals surface area contributed by atoms with Crippen LogP contribution in [-0.4, -0.2) is 45.1 Å². The van der Waals surface area contributed by atoms with Gasteiger partial charge >= 0.3 is 0 Å². The molecule has 2 atom stereocenters. The van der Waals surface area contributed by atoms with Crippen molar-refractivity contribution >= 4 is 29.1 Å². The molecule has 0 bridgehead atoms. The van der Waals surface area contributed by atoms with E-state index in [1.54, 1.807) is 31.4 Å².